The van der Waals surface area contributed by atoms with E-state index in [-0.39, 0.29) is 35.3 Å². The minimum absolute atomic E-state index is 0.00554. The van der Waals surface area contributed by atoms with E-state index in [1.165, 1.54) is 5.57 Å². The van der Waals surface area contributed by atoms with Crippen LogP contribution in [0.4, 0.5) is 0 Å². The van der Waals surface area contributed by atoms with Crippen molar-refractivity contribution in [3.8, 4) is 0 Å². The Labute approximate surface area is 144 Å². The number of ether oxygens (including phenoxy) is 3. The van der Waals surface area contributed by atoms with Crippen LogP contribution in [0.2, 0.25) is 0 Å². The number of esters is 1. The monoisotopic (exact) mass is 334 g/mol. The summed E-state index contributed by atoms with van der Waals surface area (Å²) < 4.78 is 18.4. The molecule has 134 valence electrons. The first-order valence-corrected chi connectivity index (χ1v) is 9.45. The molecule has 8 atom stereocenters. The number of hydrogen-bond donors (Lipinski definition) is 0. The maximum atomic E-state index is 12.0. The van der Waals surface area contributed by atoms with Crippen molar-refractivity contribution in [1.29, 1.82) is 0 Å². The van der Waals surface area contributed by atoms with Crippen LogP contribution in [0.5, 0.6) is 0 Å². The standard InChI is InChI=1S/C20H30O4/c1-6-11(2)10-22-16-9-19(5)20(24-19)8-14-13(4)18(21)23-15(14)7-12(3)17(16)20/h6,12-17H,7-10H2,1-5H3/b11-6+/t12-,13+,14-,15-,16+,17-,19-,20+/m1/s1. The zero-order chi connectivity index (χ0) is 17.3. The molecular formula is C20H30O4. The molecule has 4 nitrogen and oxygen atoms in total. The van der Waals surface area contributed by atoms with Gasteiger partial charge < -0.3 is 14.2 Å². The number of epoxide rings is 1. The first kappa shape index (κ1) is 16.6. The summed E-state index contributed by atoms with van der Waals surface area (Å²) in [5, 5.41) is 0. The van der Waals surface area contributed by atoms with Crippen molar-refractivity contribution in [3.05, 3.63) is 11.6 Å². The minimum Gasteiger partial charge on any atom is -0.462 e. The Balaban J connectivity index is 1.59. The summed E-state index contributed by atoms with van der Waals surface area (Å²) in [6, 6.07) is 0. The molecular weight excluding hydrogens is 304 g/mol. The maximum Gasteiger partial charge on any atom is 0.309 e. The van der Waals surface area contributed by atoms with Crippen molar-refractivity contribution in [2.24, 2.45) is 23.7 Å². The zero-order valence-corrected chi connectivity index (χ0v) is 15.5. The molecule has 0 aromatic rings. The molecule has 2 saturated heterocycles. The molecule has 0 unspecified atom stereocenters. The van der Waals surface area contributed by atoms with Gasteiger partial charge >= 0.3 is 5.97 Å². The fraction of sp³-hybridized carbons (Fsp3) is 0.850. The van der Waals surface area contributed by atoms with Gasteiger partial charge in [-0.05, 0) is 39.5 Å². The van der Waals surface area contributed by atoms with Gasteiger partial charge in [0.05, 0.1) is 24.2 Å². The van der Waals surface area contributed by atoms with Gasteiger partial charge in [0.25, 0.3) is 0 Å². The van der Waals surface area contributed by atoms with E-state index in [9.17, 15) is 4.79 Å². The van der Waals surface area contributed by atoms with E-state index in [4.69, 9.17) is 14.2 Å². The third-order valence-electron chi connectivity index (χ3n) is 7.32. The van der Waals surface area contributed by atoms with Crippen LogP contribution in [0.15, 0.2) is 11.6 Å². The Morgan fingerprint density at radius 3 is 2.83 bits per heavy atom. The first-order chi connectivity index (χ1) is 11.3. The van der Waals surface area contributed by atoms with Crippen LogP contribution in [0, 0.1) is 23.7 Å². The molecule has 0 amide bonds. The Morgan fingerprint density at radius 2 is 2.12 bits per heavy atom. The summed E-state index contributed by atoms with van der Waals surface area (Å²) >= 11 is 0. The minimum atomic E-state index is -0.109. The summed E-state index contributed by atoms with van der Waals surface area (Å²) in [4.78, 5) is 12.0. The molecule has 2 saturated carbocycles. The van der Waals surface area contributed by atoms with Gasteiger partial charge in [0.15, 0.2) is 0 Å². The summed E-state index contributed by atoms with van der Waals surface area (Å²) in [6.45, 7) is 11.4. The van der Waals surface area contributed by atoms with Crippen LogP contribution in [0.3, 0.4) is 0 Å². The predicted octanol–water partition coefficient (Wildman–Crippen LogP) is 3.49. The Kier molecular flexibility index (Phi) is 3.67. The summed E-state index contributed by atoms with van der Waals surface area (Å²) in [6.07, 6.45) is 5.28. The molecule has 24 heavy (non-hydrogen) atoms. The van der Waals surface area contributed by atoms with Crippen molar-refractivity contribution < 1.29 is 19.0 Å². The Morgan fingerprint density at radius 1 is 1.38 bits per heavy atom. The topological polar surface area (TPSA) is 48.1 Å². The van der Waals surface area contributed by atoms with Crippen LogP contribution < -0.4 is 0 Å². The molecule has 4 heteroatoms. The lowest BCUT2D eigenvalue weighted by molar-refractivity contribution is -0.144. The van der Waals surface area contributed by atoms with Gasteiger partial charge in [-0.15, -0.1) is 0 Å². The number of rotatable bonds is 3. The number of carbonyl (C=O) groups excluding carboxylic acids is 1. The van der Waals surface area contributed by atoms with Crippen LogP contribution >= 0.6 is 0 Å². The second kappa shape index (κ2) is 5.31. The summed E-state index contributed by atoms with van der Waals surface area (Å²) in [7, 11) is 0. The average Bonchev–Trinajstić information content (AvgIpc) is 2.96. The van der Waals surface area contributed by atoms with E-state index in [1.807, 2.05) is 6.92 Å². The van der Waals surface area contributed by atoms with Gasteiger partial charge in [-0.1, -0.05) is 25.5 Å². The number of fused-ring (bicyclic) bond motifs is 1. The smallest absolute Gasteiger partial charge is 0.309 e. The SMILES string of the molecule is C/C=C(\C)CO[C@H]1C[C@@]2(C)O[C@]23C[C@@H]2[C@H](C)C(=O)O[C@@H]2C[C@@H](C)[C@H]13. The Bertz CT molecular complexity index is 584. The molecule has 2 heterocycles. The molecule has 0 aromatic carbocycles. The fourth-order valence-electron chi connectivity index (χ4n) is 5.76. The molecule has 4 fully saturated rings. The van der Waals surface area contributed by atoms with E-state index < -0.39 is 0 Å². The molecule has 1 spiro atoms. The second-order valence-electron chi connectivity index (χ2n) is 8.78. The van der Waals surface area contributed by atoms with Gasteiger partial charge in [0.2, 0.25) is 0 Å². The third kappa shape index (κ3) is 2.15. The van der Waals surface area contributed by atoms with Gasteiger partial charge in [-0.25, -0.2) is 0 Å². The van der Waals surface area contributed by atoms with Crippen molar-refractivity contribution in [2.45, 2.75) is 77.3 Å². The highest BCUT2D eigenvalue weighted by molar-refractivity contribution is 5.75. The van der Waals surface area contributed by atoms with Gasteiger partial charge in [0, 0.05) is 18.3 Å². The first-order valence-electron chi connectivity index (χ1n) is 9.45. The lowest BCUT2D eigenvalue weighted by Gasteiger charge is -2.31. The van der Waals surface area contributed by atoms with E-state index in [1.54, 1.807) is 0 Å². The van der Waals surface area contributed by atoms with E-state index >= 15 is 0 Å². The van der Waals surface area contributed by atoms with E-state index in [0.29, 0.717) is 24.4 Å². The van der Waals surface area contributed by atoms with Crippen molar-refractivity contribution in [2.75, 3.05) is 6.61 Å². The molecule has 2 aliphatic heterocycles. The van der Waals surface area contributed by atoms with Gasteiger partial charge in [-0.2, -0.15) is 0 Å². The highest BCUT2D eigenvalue weighted by Gasteiger charge is 2.79. The number of carbonyl (C=O) groups is 1. The second-order valence-corrected chi connectivity index (χ2v) is 8.78. The molecule has 4 rings (SSSR count). The highest BCUT2D eigenvalue weighted by atomic mass is 16.6. The summed E-state index contributed by atoms with van der Waals surface area (Å²) in [5.41, 5.74) is 1.08. The molecule has 0 bridgehead atoms. The number of allylic oxidation sites excluding steroid dienone is 1. The molecule has 0 radical (unpaired) electrons. The van der Waals surface area contributed by atoms with Gasteiger partial charge in [0.1, 0.15) is 11.7 Å². The third-order valence-corrected chi connectivity index (χ3v) is 7.32. The van der Waals surface area contributed by atoms with Crippen molar-refractivity contribution >= 4 is 5.97 Å². The molecule has 0 aromatic heterocycles. The lowest BCUT2D eigenvalue weighted by atomic mass is 9.77. The quantitative estimate of drug-likeness (QED) is 0.450. The predicted molar refractivity (Wildman–Crippen MR) is 90.4 cm³/mol. The average molecular weight is 334 g/mol. The molecule has 2 aliphatic carbocycles. The van der Waals surface area contributed by atoms with Crippen molar-refractivity contribution in [3.63, 3.8) is 0 Å². The van der Waals surface area contributed by atoms with Gasteiger partial charge in [-0.3, -0.25) is 4.79 Å². The summed E-state index contributed by atoms with van der Waals surface area (Å²) in [5.74, 6) is 1.11. The maximum absolute atomic E-state index is 12.0. The number of hydrogen-bond acceptors (Lipinski definition) is 4. The fourth-order valence-corrected chi connectivity index (χ4v) is 5.76. The molecule has 4 aliphatic rings. The molecule has 0 N–H and O–H groups in total. The normalized spacial score (nSPS) is 53.0. The van der Waals surface area contributed by atoms with E-state index in [0.717, 1.165) is 19.3 Å². The van der Waals surface area contributed by atoms with Crippen LogP contribution in [0.25, 0.3) is 0 Å². The zero-order valence-electron chi connectivity index (χ0n) is 15.5. The van der Waals surface area contributed by atoms with Crippen LogP contribution in [-0.4, -0.2) is 36.0 Å². The highest BCUT2D eigenvalue weighted by Crippen LogP contribution is 2.69. The van der Waals surface area contributed by atoms with Crippen LogP contribution in [-0.2, 0) is 19.0 Å². The largest absolute Gasteiger partial charge is 0.462 e. The lowest BCUT2D eigenvalue weighted by Crippen LogP contribution is -2.36. The van der Waals surface area contributed by atoms with Crippen molar-refractivity contribution in [1.82, 2.24) is 0 Å². The Hall–Kier alpha value is -0.870. The van der Waals surface area contributed by atoms with Crippen LogP contribution in [0.1, 0.15) is 53.9 Å². The van der Waals surface area contributed by atoms with E-state index in [2.05, 4.69) is 33.8 Å².